The zero-order chi connectivity index (χ0) is 17.0. The molecule has 1 heterocycles. The van der Waals surface area contributed by atoms with Gasteiger partial charge in [0.2, 0.25) is 5.91 Å². The Morgan fingerprint density at radius 3 is 2.12 bits per heavy atom. The van der Waals surface area contributed by atoms with E-state index < -0.39 is 5.54 Å². The molecule has 6 nitrogen and oxygen atoms in total. The van der Waals surface area contributed by atoms with Crippen LogP contribution in [0.3, 0.4) is 0 Å². The Morgan fingerprint density at radius 2 is 1.62 bits per heavy atom. The van der Waals surface area contributed by atoms with E-state index in [1.54, 1.807) is 35.8 Å². The van der Waals surface area contributed by atoms with Gasteiger partial charge in [-0.15, -0.1) is 12.4 Å². The summed E-state index contributed by atoms with van der Waals surface area (Å²) in [6, 6.07) is 7.33. The Bertz CT molecular complexity index is 567. The summed E-state index contributed by atoms with van der Waals surface area (Å²) in [7, 11) is 0. The van der Waals surface area contributed by atoms with Gasteiger partial charge in [-0.25, -0.2) is 0 Å². The Morgan fingerprint density at radius 1 is 1.12 bits per heavy atom. The first-order valence-electron chi connectivity index (χ1n) is 7.52. The molecular weight excluding hydrogens is 398 g/mol. The summed E-state index contributed by atoms with van der Waals surface area (Å²) in [5.74, 6) is 0.489. The number of halogens is 2. The lowest BCUT2D eigenvalue weighted by Gasteiger charge is -2.37. The standard InChI is InChI=1S/C16H22BrN3O3.ClH/c1-16(2,18)15(22)20-9-7-19(8-10-20)14(21)11-23-13-5-3-12(17)4-6-13;/h3-6H,7-11,18H2,1-2H3;1H. The molecule has 0 spiro atoms. The van der Waals surface area contributed by atoms with E-state index in [1.807, 2.05) is 12.1 Å². The SMILES string of the molecule is CC(C)(N)C(=O)N1CCN(C(=O)COc2ccc(Br)cc2)CC1.Cl. The zero-order valence-electron chi connectivity index (χ0n) is 13.8. The lowest BCUT2D eigenvalue weighted by atomic mass is 10.0. The van der Waals surface area contributed by atoms with E-state index in [4.69, 9.17) is 10.5 Å². The summed E-state index contributed by atoms with van der Waals surface area (Å²) in [5, 5.41) is 0. The van der Waals surface area contributed by atoms with Crippen molar-refractivity contribution in [3.8, 4) is 5.75 Å². The van der Waals surface area contributed by atoms with Crippen molar-refractivity contribution in [2.24, 2.45) is 5.73 Å². The topological polar surface area (TPSA) is 75.9 Å². The molecule has 8 heteroatoms. The first kappa shape index (κ1) is 20.7. The van der Waals surface area contributed by atoms with Gasteiger partial charge in [0.05, 0.1) is 5.54 Å². The summed E-state index contributed by atoms with van der Waals surface area (Å²) in [6.07, 6.45) is 0. The summed E-state index contributed by atoms with van der Waals surface area (Å²) < 4.78 is 6.45. The van der Waals surface area contributed by atoms with E-state index in [0.29, 0.717) is 31.9 Å². The molecule has 24 heavy (non-hydrogen) atoms. The summed E-state index contributed by atoms with van der Waals surface area (Å²) in [4.78, 5) is 27.7. The highest BCUT2D eigenvalue weighted by molar-refractivity contribution is 9.10. The predicted molar refractivity (Wildman–Crippen MR) is 98.3 cm³/mol. The van der Waals surface area contributed by atoms with E-state index in [2.05, 4.69) is 15.9 Å². The molecule has 134 valence electrons. The number of carbonyl (C=O) groups excluding carboxylic acids is 2. The molecule has 1 aromatic rings. The highest BCUT2D eigenvalue weighted by Gasteiger charge is 2.31. The van der Waals surface area contributed by atoms with Gasteiger partial charge in [-0.05, 0) is 38.1 Å². The lowest BCUT2D eigenvalue weighted by molar-refractivity contribution is -0.143. The van der Waals surface area contributed by atoms with Crippen LogP contribution in [0.4, 0.5) is 0 Å². The van der Waals surface area contributed by atoms with Crippen molar-refractivity contribution in [2.75, 3.05) is 32.8 Å². The van der Waals surface area contributed by atoms with Gasteiger partial charge >= 0.3 is 0 Å². The molecule has 0 bridgehead atoms. The number of hydrogen-bond acceptors (Lipinski definition) is 4. The highest BCUT2D eigenvalue weighted by atomic mass is 79.9. The number of nitrogens with two attached hydrogens (primary N) is 1. The Hall–Kier alpha value is -1.31. The van der Waals surface area contributed by atoms with Gasteiger partial charge < -0.3 is 20.3 Å². The van der Waals surface area contributed by atoms with Gasteiger partial charge in [0.15, 0.2) is 6.61 Å². The van der Waals surface area contributed by atoms with Crippen molar-refractivity contribution in [1.29, 1.82) is 0 Å². The Labute approximate surface area is 156 Å². The number of rotatable bonds is 4. The molecule has 2 rings (SSSR count). The fourth-order valence-electron chi connectivity index (χ4n) is 2.33. The third kappa shape index (κ3) is 5.65. The molecule has 1 aromatic carbocycles. The molecule has 1 aliphatic rings. The smallest absolute Gasteiger partial charge is 0.260 e. The van der Waals surface area contributed by atoms with E-state index in [9.17, 15) is 9.59 Å². The van der Waals surface area contributed by atoms with Crippen LogP contribution in [0.25, 0.3) is 0 Å². The zero-order valence-corrected chi connectivity index (χ0v) is 16.2. The molecule has 0 aliphatic carbocycles. The molecule has 0 saturated carbocycles. The number of carbonyl (C=O) groups is 2. The number of ether oxygens (including phenoxy) is 1. The molecule has 0 aromatic heterocycles. The summed E-state index contributed by atoms with van der Waals surface area (Å²) in [6.45, 7) is 5.40. The average molecular weight is 421 g/mol. The molecule has 0 atom stereocenters. The van der Waals surface area contributed by atoms with Gasteiger partial charge in [0.1, 0.15) is 5.75 Å². The predicted octanol–water partition coefficient (Wildman–Crippen LogP) is 1.66. The van der Waals surface area contributed by atoms with Crippen LogP contribution >= 0.6 is 28.3 Å². The second-order valence-corrected chi connectivity index (χ2v) is 7.05. The molecular formula is C16H23BrClN3O3. The second-order valence-electron chi connectivity index (χ2n) is 6.14. The minimum absolute atomic E-state index is 0. The minimum Gasteiger partial charge on any atom is -0.484 e. The van der Waals surface area contributed by atoms with E-state index in [1.165, 1.54) is 0 Å². The normalized spacial score (nSPS) is 14.8. The third-order valence-electron chi connectivity index (χ3n) is 3.65. The summed E-state index contributed by atoms with van der Waals surface area (Å²) in [5.41, 5.74) is 4.95. The number of nitrogens with zero attached hydrogens (tertiary/aromatic N) is 2. The van der Waals surface area contributed by atoms with Gasteiger partial charge in [-0.1, -0.05) is 15.9 Å². The number of amides is 2. The first-order valence-corrected chi connectivity index (χ1v) is 8.31. The van der Waals surface area contributed by atoms with Crippen molar-refractivity contribution < 1.29 is 14.3 Å². The molecule has 1 saturated heterocycles. The number of piperazine rings is 1. The monoisotopic (exact) mass is 419 g/mol. The maximum Gasteiger partial charge on any atom is 0.260 e. The second kappa shape index (κ2) is 8.69. The minimum atomic E-state index is -0.878. The van der Waals surface area contributed by atoms with E-state index in [0.717, 1.165) is 4.47 Å². The number of benzene rings is 1. The first-order chi connectivity index (χ1) is 10.8. The highest BCUT2D eigenvalue weighted by Crippen LogP contribution is 2.16. The van der Waals surface area contributed by atoms with Crippen LogP contribution in [-0.4, -0.2) is 59.9 Å². The molecule has 0 unspecified atom stereocenters. The van der Waals surface area contributed by atoms with Crippen molar-refractivity contribution in [3.05, 3.63) is 28.7 Å². The van der Waals surface area contributed by atoms with Gasteiger partial charge in [-0.2, -0.15) is 0 Å². The largest absolute Gasteiger partial charge is 0.484 e. The summed E-state index contributed by atoms with van der Waals surface area (Å²) >= 11 is 3.35. The van der Waals surface area contributed by atoms with Gasteiger partial charge in [0.25, 0.3) is 5.91 Å². The molecule has 2 amide bonds. The molecule has 0 radical (unpaired) electrons. The van der Waals surface area contributed by atoms with Crippen molar-refractivity contribution >= 4 is 40.2 Å². The third-order valence-corrected chi connectivity index (χ3v) is 4.18. The number of hydrogen-bond donors (Lipinski definition) is 1. The van der Waals surface area contributed by atoms with Crippen molar-refractivity contribution in [3.63, 3.8) is 0 Å². The van der Waals surface area contributed by atoms with Crippen LogP contribution in [0.5, 0.6) is 5.75 Å². The van der Waals surface area contributed by atoms with Crippen molar-refractivity contribution in [1.82, 2.24) is 9.80 Å². The van der Waals surface area contributed by atoms with Gasteiger partial charge in [0, 0.05) is 30.7 Å². The van der Waals surface area contributed by atoms with Gasteiger partial charge in [-0.3, -0.25) is 9.59 Å². The van der Waals surface area contributed by atoms with Crippen LogP contribution < -0.4 is 10.5 Å². The van der Waals surface area contributed by atoms with E-state index in [-0.39, 0.29) is 30.8 Å². The van der Waals surface area contributed by atoms with Crippen LogP contribution in [0.15, 0.2) is 28.7 Å². The van der Waals surface area contributed by atoms with Crippen molar-refractivity contribution in [2.45, 2.75) is 19.4 Å². The average Bonchev–Trinajstić information content (AvgIpc) is 2.52. The fourth-order valence-corrected chi connectivity index (χ4v) is 2.60. The molecule has 2 N–H and O–H groups in total. The van der Waals surface area contributed by atoms with Crippen LogP contribution in [0.2, 0.25) is 0 Å². The van der Waals surface area contributed by atoms with Crippen LogP contribution in [0.1, 0.15) is 13.8 Å². The Kier molecular flexibility index (Phi) is 7.51. The Balaban J connectivity index is 0.00000288. The van der Waals surface area contributed by atoms with Crippen LogP contribution in [0, 0.1) is 0 Å². The maximum absolute atomic E-state index is 12.2. The lowest BCUT2D eigenvalue weighted by Crippen LogP contribution is -2.58. The van der Waals surface area contributed by atoms with Crippen LogP contribution in [-0.2, 0) is 9.59 Å². The molecule has 1 aliphatic heterocycles. The quantitative estimate of drug-likeness (QED) is 0.804. The van der Waals surface area contributed by atoms with E-state index >= 15 is 0 Å². The molecule has 1 fully saturated rings. The maximum atomic E-state index is 12.2. The fraction of sp³-hybridized carbons (Fsp3) is 0.500.